The fourth-order valence-electron chi connectivity index (χ4n) is 3.78. The van der Waals surface area contributed by atoms with Crippen molar-refractivity contribution in [3.05, 3.63) is 27.9 Å². The van der Waals surface area contributed by atoms with Gasteiger partial charge in [0, 0.05) is 18.3 Å². The van der Waals surface area contributed by atoms with Gasteiger partial charge in [-0.3, -0.25) is 14.5 Å². The largest absolute Gasteiger partial charge is 0.352 e. The van der Waals surface area contributed by atoms with Crippen molar-refractivity contribution in [2.24, 2.45) is 0 Å². The van der Waals surface area contributed by atoms with Crippen molar-refractivity contribution in [2.75, 3.05) is 19.6 Å². The van der Waals surface area contributed by atoms with Crippen LogP contribution < -0.4 is 10.9 Å². The first kappa shape index (κ1) is 14.3. The zero-order valence-electron chi connectivity index (χ0n) is 12.4. The van der Waals surface area contributed by atoms with E-state index in [0.717, 1.165) is 6.42 Å². The van der Waals surface area contributed by atoms with Gasteiger partial charge in [0.05, 0.1) is 0 Å². The summed E-state index contributed by atoms with van der Waals surface area (Å²) in [7, 11) is 0. The van der Waals surface area contributed by atoms with Crippen LogP contribution in [0.2, 0.25) is 0 Å². The molecule has 0 saturated carbocycles. The molecule has 3 heterocycles. The molecule has 1 amide bonds. The van der Waals surface area contributed by atoms with E-state index in [0.29, 0.717) is 17.9 Å². The Morgan fingerprint density at radius 1 is 1.43 bits per heavy atom. The van der Waals surface area contributed by atoms with Crippen LogP contribution in [0, 0.1) is 6.92 Å². The second kappa shape index (κ2) is 5.60. The van der Waals surface area contributed by atoms with Crippen molar-refractivity contribution < 1.29 is 4.79 Å². The van der Waals surface area contributed by atoms with E-state index in [1.165, 1.54) is 45.0 Å². The van der Waals surface area contributed by atoms with Gasteiger partial charge in [-0.1, -0.05) is 0 Å². The highest BCUT2D eigenvalue weighted by molar-refractivity contribution is 5.93. The summed E-state index contributed by atoms with van der Waals surface area (Å²) in [5.74, 6) is 0.186. The van der Waals surface area contributed by atoms with Crippen LogP contribution in [-0.2, 0) is 0 Å². The average Bonchev–Trinajstić information content (AvgIpc) is 2.97. The van der Waals surface area contributed by atoms with E-state index in [4.69, 9.17) is 0 Å². The number of aryl methyl sites for hydroxylation is 1. The van der Waals surface area contributed by atoms with Gasteiger partial charge in [0.2, 0.25) is 0 Å². The van der Waals surface area contributed by atoms with Gasteiger partial charge >= 0.3 is 0 Å². The zero-order chi connectivity index (χ0) is 14.9. The molecule has 6 heteroatoms. The lowest BCUT2D eigenvalue weighted by atomic mass is 9.90. The van der Waals surface area contributed by atoms with Crippen LogP contribution in [0.4, 0.5) is 0 Å². The van der Waals surface area contributed by atoms with E-state index in [1.54, 1.807) is 6.92 Å². The fraction of sp³-hybridized carbons (Fsp3) is 0.667. The SMILES string of the molecule is Cc1ncc(C(=O)NCCC23CCCN2CCC3)c(=O)[nH]1. The second-order valence-corrected chi connectivity index (χ2v) is 6.14. The van der Waals surface area contributed by atoms with E-state index in [1.807, 2.05) is 0 Å². The highest BCUT2D eigenvalue weighted by atomic mass is 16.2. The molecule has 0 unspecified atom stereocenters. The Morgan fingerprint density at radius 3 is 2.81 bits per heavy atom. The molecule has 0 radical (unpaired) electrons. The highest BCUT2D eigenvalue weighted by Crippen LogP contribution is 2.40. The molecule has 2 fully saturated rings. The predicted molar refractivity (Wildman–Crippen MR) is 79.3 cm³/mol. The summed E-state index contributed by atoms with van der Waals surface area (Å²) in [5, 5.41) is 2.87. The lowest BCUT2D eigenvalue weighted by Crippen LogP contribution is -2.42. The summed E-state index contributed by atoms with van der Waals surface area (Å²) < 4.78 is 0. The van der Waals surface area contributed by atoms with E-state index in [2.05, 4.69) is 20.2 Å². The summed E-state index contributed by atoms with van der Waals surface area (Å²) in [6, 6.07) is 0. The molecule has 0 bridgehead atoms. The van der Waals surface area contributed by atoms with Crippen molar-refractivity contribution >= 4 is 5.91 Å². The molecule has 1 aromatic rings. The minimum atomic E-state index is -0.374. The molecule has 0 aliphatic carbocycles. The second-order valence-electron chi connectivity index (χ2n) is 6.14. The normalized spacial score (nSPS) is 20.4. The summed E-state index contributed by atoms with van der Waals surface area (Å²) in [5.41, 5.74) is 0.0138. The molecule has 0 aromatic carbocycles. The number of hydrogen-bond acceptors (Lipinski definition) is 4. The van der Waals surface area contributed by atoms with Crippen molar-refractivity contribution in [3.8, 4) is 0 Å². The molecule has 6 nitrogen and oxygen atoms in total. The predicted octanol–water partition coefficient (Wildman–Crippen LogP) is 0.827. The third kappa shape index (κ3) is 2.72. The number of aromatic nitrogens is 2. The fourth-order valence-corrected chi connectivity index (χ4v) is 3.78. The van der Waals surface area contributed by atoms with Crippen molar-refractivity contribution in [2.45, 2.75) is 44.6 Å². The first-order chi connectivity index (χ1) is 10.1. The Hall–Kier alpha value is -1.69. The van der Waals surface area contributed by atoms with E-state index in [9.17, 15) is 9.59 Å². The molecular formula is C15H22N4O2. The monoisotopic (exact) mass is 290 g/mol. The van der Waals surface area contributed by atoms with Gasteiger partial charge < -0.3 is 10.3 Å². The van der Waals surface area contributed by atoms with E-state index >= 15 is 0 Å². The molecule has 2 N–H and O–H groups in total. The lowest BCUT2D eigenvalue weighted by Gasteiger charge is -2.32. The summed E-state index contributed by atoms with van der Waals surface area (Å²) in [4.78, 5) is 32.9. The number of carbonyl (C=O) groups is 1. The van der Waals surface area contributed by atoms with E-state index in [-0.39, 0.29) is 17.0 Å². The maximum absolute atomic E-state index is 12.1. The number of nitrogens with zero attached hydrogens (tertiary/aromatic N) is 2. The minimum Gasteiger partial charge on any atom is -0.352 e. The van der Waals surface area contributed by atoms with Crippen LogP contribution in [0.1, 0.15) is 48.3 Å². The quantitative estimate of drug-likeness (QED) is 0.861. The number of hydrogen-bond donors (Lipinski definition) is 2. The number of nitrogens with one attached hydrogen (secondary N) is 2. The summed E-state index contributed by atoms with van der Waals surface area (Å²) >= 11 is 0. The van der Waals surface area contributed by atoms with Gasteiger partial charge in [0.1, 0.15) is 11.4 Å². The van der Waals surface area contributed by atoms with Crippen LogP contribution in [0.15, 0.2) is 11.0 Å². The van der Waals surface area contributed by atoms with Crippen LogP contribution >= 0.6 is 0 Å². The number of aromatic amines is 1. The molecule has 21 heavy (non-hydrogen) atoms. The summed E-state index contributed by atoms with van der Waals surface area (Å²) in [6.45, 7) is 4.69. The third-order valence-electron chi connectivity index (χ3n) is 4.86. The van der Waals surface area contributed by atoms with Gasteiger partial charge in [-0.2, -0.15) is 0 Å². The maximum Gasteiger partial charge on any atom is 0.263 e. The highest BCUT2D eigenvalue weighted by Gasteiger charge is 2.43. The smallest absolute Gasteiger partial charge is 0.263 e. The van der Waals surface area contributed by atoms with Crippen molar-refractivity contribution in [1.29, 1.82) is 0 Å². The van der Waals surface area contributed by atoms with Crippen LogP contribution in [-0.4, -0.2) is 45.9 Å². The maximum atomic E-state index is 12.1. The number of rotatable bonds is 4. The van der Waals surface area contributed by atoms with Crippen LogP contribution in [0.3, 0.4) is 0 Å². The number of H-pyrrole nitrogens is 1. The average molecular weight is 290 g/mol. The van der Waals surface area contributed by atoms with Crippen molar-refractivity contribution in [3.63, 3.8) is 0 Å². The van der Waals surface area contributed by atoms with Gasteiger partial charge in [0.25, 0.3) is 11.5 Å². The van der Waals surface area contributed by atoms with Crippen LogP contribution in [0.25, 0.3) is 0 Å². The van der Waals surface area contributed by atoms with Gasteiger partial charge in [-0.15, -0.1) is 0 Å². The number of carbonyl (C=O) groups excluding carboxylic acids is 1. The lowest BCUT2D eigenvalue weighted by molar-refractivity contribution is 0.0941. The molecule has 2 saturated heterocycles. The van der Waals surface area contributed by atoms with Crippen LogP contribution in [0.5, 0.6) is 0 Å². The molecule has 2 aliphatic rings. The number of amides is 1. The van der Waals surface area contributed by atoms with Gasteiger partial charge in [0.15, 0.2) is 0 Å². The summed E-state index contributed by atoms with van der Waals surface area (Å²) in [6.07, 6.45) is 7.30. The minimum absolute atomic E-state index is 0.0906. The molecule has 3 rings (SSSR count). The Balaban J connectivity index is 1.58. The molecule has 0 atom stereocenters. The standard InChI is InChI=1S/C15H22N4O2/c1-11-17-10-12(14(21)18-11)13(20)16-7-6-15-4-2-8-19(15)9-3-5-15/h10H,2-9H2,1H3,(H,16,20)(H,17,18,21). The van der Waals surface area contributed by atoms with Gasteiger partial charge in [-0.25, -0.2) is 4.98 Å². The Bertz CT molecular complexity index is 586. The molecule has 2 aliphatic heterocycles. The zero-order valence-corrected chi connectivity index (χ0v) is 12.4. The molecular weight excluding hydrogens is 268 g/mol. The molecule has 1 aromatic heterocycles. The first-order valence-electron chi connectivity index (χ1n) is 7.70. The number of fused-ring (bicyclic) bond motifs is 1. The Morgan fingerprint density at radius 2 is 2.14 bits per heavy atom. The third-order valence-corrected chi connectivity index (χ3v) is 4.86. The molecule has 0 spiro atoms. The van der Waals surface area contributed by atoms with Crippen molar-refractivity contribution in [1.82, 2.24) is 20.2 Å². The first-order valence-corrected chi connectivity index (χ1v) is 7.70. The van der Waals surface area contributed by atoms with Gasteiger partial charge in [-0.05, 0) is 52.1 Å². The Labute approximate surface area is 124 Å². The van der Waals surface area contributed by atoms with E-state index < -0.39 is 0 Å². The Kier molecular flexibility index (Phi) is 3.80. The molecule has 114 valence electrons. The topological polar surface area (TPSA) is 78.1 Å².